The molecule has 5 N–H and O–H groups in total. The van der Waals surface area contributed by atoms with Gasteiger partial charge in [-0.2, -0.15) is 0 Å². The molecule has 0 bridgehead atoms. The molecular formula is C20H21N3O3. The number of aldehydes is 1. The molecule has 134 valence electrons. The summed E-state index contributed by atoms with van der Waals surface area (Å²) in [5.74, 6) is -0.221. The van der Waals surface area contributed by atoms with Gasteiger partial charge in [0.25, 0.3) is 0 Å². The minimum Gasteiger partial charge on any atom is -0.508 e. The van der Waals surface area contributed by atoms with E-state index in [1.807, 2.05) is 30.5 Å². The van der Waals surface area contributed by atoms with Gasteiger partial charge in [-0.3, -0.25) is 4.79 Å². The number of nitrogens with two attached hydrogens (primary N) is 1. The molecule has 0 aliphatic rings. The van der Waals surface area contributed by atoms with Crippen molar-refractivity contribution in [1.82, 2.24) is 10.3 Å². The van der Waals surface area contributed by atoms with Gasteiger partial charge in [-0.15, -0.1) is 0 Å². The highest BCUT2D eigenvalue weighted by Gasteiger charge is 2.19. The molecule has 3 aromatic rings. The smallest absolute Gasteiger partial charge is 0.237 e. The number of para-hydroxylation sites is 1. The summed E-state index contributed by atoms with van der Waals surface area (Å²) in [6, 6.07) is 12.9. The number of hydrogen-bond donors (Lipinski definition) is 4. The molecule has 3 rings (SSSR count). The third-order valence-corrected chi connectivity index (χ3v) is 4.34. The first-order chi connectivity index (χ1) is 12.6. The van der Waals surface area contributed by atoms with Crippen LogP contribution in [0.3, 0.4) is 0 Å². The first-order valence-electron chi connectivity index (χ1n) is 8.41. The van der Waals surface area contributed by atoms with Crippen LogP contribution in [0.4, 0.5) is 0 Å². The zero-order valence-corrected chi connectivity index (χ0v) is 14.2. The molecule has 6 nitrogen and oxygen atoms in total. The van der Waals surface area contributed by atoms with Crippen molar-refractivity contribution >= 4 is 23.1 Å². The summed E-state index contributed by atoms with van der Waals surface area (Å²) in [5, 5.41) is 13.0. The molecule has 2 atom stereocenters. The Morgan fingerprint density at radius 2 is 1.88 bits per heavy atom. The number of carbonyl (C=O) groups is 2. The van der Waals surface area contributed by atoms with Crippen LogP contribution < -0.4 is 11.1 Å². The maximum absolute atomic E-state index is 12.3. The van der Waals surface area contributed by atoms with E-state index < -0.39 is 12.1 Å². The summed E-state index contributed by atoms with van der Waals surface area (Å²) in [7, 11) is 0. The van der Waals surface area contributed by atoms with E-state index >= 15 is 0 Å². The summed E-state index contributed by atoms with van der Waals surface area (Å²) >= 11 is 0. The third-order valence-electron chi connectivity index (χ3n) is 4.34. The number of H-pyrrole nitrogens is 1. The van der Waals surface area contributed by atoms with Gasteiger partial charge in [0.05, 0.1) is 12.1 Å². The van der Waals surface area contributed by atoms with Crippen LogP contribution in [-0.2, 0) is 22.4 Å². The predicted octanol–water partition coefficient (Wildman–Crippen LogP) is 1.67. The van der Waals surface area contributed by atoms with Gasteiger partial charge in [-0.1, -0.05) is 30.3 Å². The minimum atomic E-state index is -0.773. The van der Waals surface area contributed by atoms with Crippen LogP contribution in [-0.4, -0.2) is 34.4 Å². The van der Waals surface area contributed by atoms with Gasteiger partial charge in [0.1, 0.15) is 12.0 Å². The lowest BCUT2D eigenvalue weighted by Crippen LogP contribution is -2.47. The number of aromatic nitrogens is 1. The van der Waals surface area contributed by atoms with Crippen LogP contribution in [0.5, 0.6) is 5.75 Å². The Hall–Kier alpha value is -3.12. The predicted molar refractivity (Wildman–Crippen MR) is 99.8 cm³/mol. The van der Waals surface area contributed by atoms with Gasteiger partial charge in [-0.25, -0.2) is 0 Å². The van der Waals surface area contributed by atoms with Crippen molar-refractivity contribution in [3.05, 3.63) is 65.9 Å². The van der Waals surface area contributed by atoms with E-state index in [1.165, 1.54) is 0 Å². The number of fused-ring (bicyclic) bond motifs is 1. The number of aromatic hydroxyl groups is 1. The number of amides is 1. The monoisotopic (exact) mass is 351 g/mol. The van der Waals surface area contributed by atoms with Gasteiger partial charge >= 0.3 is 0 Å². The Kier molecular flexibility index (Phi) is 5.34. The van der Waals surface area contributed by atoms with Crippen molar-refractivity contribution in [1.29, 1.82) is 0 Å². The molecular weight excluding hydrogens is 330 g/mol. The largest absolute Gasteiger partial charge is 0.508 e. The average Bonchev–Trinajstić information content (AvgIpc) is 3.06. The van der Waals surface area contributed by atoms with Crippen LogP contribution >= 0.6 is 0 Å². The standard InChI is InChI=1S/C20H21N3O3/c21-18(9-13-5-7-16(25)8-6-13)20(26)23-15(12-24)10-14-11-22-19-4-2-1-3-17(14)19/h1-8,11-12,15,18,22,25H,9-10,21H2,(H,23,26)/t15-,18-/m0/s1. The number of hydrogen-bond acceptors (Lipinski definition) is 4. The molecule has 0 spiro atoms. The molecule has 0 saturated heterocycles. The van der Waals surface area contributed by atoms with E-state index in [0.29, 0.717) is 12.8 Å². The van der Waals surface area contributed by atoms with Crippen LogP contribution in [0.1, 0.15) is 11.1 Å². The van der Waals surface area contributed by atoms with E-state index in [9.17, 15) is 14.7 Å². The first kappa shape index (κ1) is 17.7. The van der Waals surface area contributed by atoms with Crippen molar-refractivity contribution in [3.8, 4) is 5.75 Å². The summed E-state index contributed by atoms with van der Waals surface area (Å²) in [6.07, 6.45) is 3.30. The lowest BCUT2D eigenvalue weighted by molar-refractivity contribution is -0.125. The molecule has 0 aliphatic heterocycles. The molecule has 0 radical (unpaired) electrons. The molecule has 0 fully saturated rings. The molecule has 1 amide bonds. The second-order valence-electron chi connectivity index (χ2n) is 6.29. The molecule has 6 heteroatoms. The van der Waals surface area contributed by atoms with Crippen LogP contribution in [0.15, 0.2) is 54.7 Å². The first-order valence-corrected chi connectivity index (χ1v) is 8.41. The molecule has 0 saturated carbocycles. The molecule has 1 heterocycles. The highest BCUT2D eigenvalue weighted by atomic mass is 16.3. The Bertz CT molecular complexity index is 902. The summed E-state index contributed by atoms with van der Waals surface area (Å²) < 4.78 is 0. The van der Waals surface area contributed by atoms with Gasteiger partial charge in [-0.05, 0) is 35.7 Å². The van der Waals surface area contributed by atoms with Crippen molar-refractivity contribution in [3.63, 3.8) is 0 Å². The molecule has 0 aliphatic carbocycles. The fourth-order valence-corrected chi connectivity index (χ4v) is 2.94. The average molecular weight is 351 g/mol. The highest BCUT2D eigenvalue weighted by molar-refractivity contribution is 5.86. The number of aromatic amines is 1. The maximum Gasteiger partial charge on any atom is 0.237 e. The van der Waals surface area contributed by atoms with Crippen LogP contribution in [0.25, 0.3) is 10.9 Å². The van der Waals surface area contributed by atoms with E-state index in [4.69, 9.17) is 5.73 Å². The number of rotatable bonds is 7. The fraction of sp³-hybridized carbons (Fsp3) is 0.200. The molecule has 2 aromatic carbocycles. The lowest BCUT2D eigenvalue weighted by atomic mass is 10.0. The number of phenolic OH excluding ortho intramolecular Hbond substituents is 1. The summed E-state index contributed by atoms with van der Waals surface area (Å²) in [4.78, 5) is 26.9. The van der Waals surface area contributed by atoms with Gasteiger partial charge < -0.3 is 25.9 Å². The Morgan fingerprint density at radius 1 is 1.15 bits per heavy atom. The second-order valence-corrected chi connectivity index (χ2v) is 6.29. The molecule has 1 aromatic heterocycles. The van der Waals surface area contributed by atoms with Gasteiger partial charge in [0, 0.05) is 23.5 Å². The topological polar surface area (TPSA) is 108 Å². The van der Waals surface area contributed by atoms with Gasteiger partial charge in [0.15, 0.2) is 0 Å². The van der Waals surface area contributed by atoms with Crippen molar-refractivity contribution in [2.45, 2.75) is 24.9 Å². The third kappa shape index (κ3) is 4.10. The minimum absolute atomic E-state index is 0.159. The Balaban J connectivity index is 1.62. The maximum atomic E-state index is 12.3. The number of nitrogens with one attached hydrogen (secondary N) is 2. The highest BCUT2D eigenvalue weighted by Crippen LogP contribution is 2.19. The zero-order chi connectivity index (χ0) is 18.5. The normalized spacial score (nSPS) is 13.3. The van der Waals surface area contributed by atoms with E-state index in [0.717, 1.165) is 28.3 Å². The Labute approximate surface area is 151 Å². The summed E-state index contributed by atoms with van der Waals surface area (Å²) in [6.45, 7) is 0. The van der Waals surface area contributed by atoms with E-state index in [2.05, 4.69) is 10.3 Å². The summed E-state index contributed by atoms with van der Waals surface area (Å²) in [5.41, 5.74) is 8.75. The fourth-order valence-electron chi connectivity index (χ4n) is 2.94. The van der Waals surface area contributed by atoms with Gasteiger partial charge in [0.2, 0.25) is 5.91 Å². The Morgan fingerprint density at radius 3 is 2.62 bits per heavy atom. The zero-order valence-electron chi connectivity index (χ0n) is 14.2. The van der Waals surface area contributed by atoms with Crippen molar-refractivity contribution < 1.29 is 14.7 Å². The van der Waals surface area contributed by atoms with Crippen LogP contribution in [0, 0.1) is 0 Å². The lowest BCUT2D eigenvalue weighted by Gasteiger charge is -2.17. The number of carbonyl (C=O) groups excluding carboxylic acids is 2. The van der Waals surface area contributed by atoms with E-state index in [1.54, 1.807) is 24.3 Å². The number of benzene rings is 2. The number of phenols is 1. The molecule has 0 unspecified atom stereocenters. The van der Waals surface area contributed by atoms with Crippen LogP contribution in [0.2, 0.25) is 0 Å². The van der Waals surface area contributed by atoms with Crippen molar-refractivity contribution in [2.75, 3.05) is 0 Å². The quantitative estimate of drug-likeness (QED) is 0.486. The van der Waals surface area contributed by atoms with Crippen molar-refractivity contribution in [2.24, 2.45) is 5.73 Å². The van der Waals surface area contributed by atoms with E-state index in [-0.39, 0.29) is 11.7 Å². The molecule has 26 heavy (non-hydrogen) atoms. The second kappa shape index (κ2) is 7.84. The SMILES string of the molecule is N[C@@H](Cc1ccc(O)cc1)C(=O)N[C@H](C=O)Cc1c[nH]c2ccccc12.